The van der Waals surface area contributed by atoms with Gasteiger partial charge in [0, 0.05) is 0 Å². The summed E-state index contributed by atoms with van der Waals surface area (Å²) in [5.74, 6) is -1.84. The predicted molar refractivity (Wildman–Crippen MR) is 95.8 cm³/mol. The topological polar surface area (TPSA) is 102 Å². The number of ether oxygens (including phenoxy) is 1. The van der Waals surface area contributed by atoms with Crippen molar-refractivity contribution in [2.45, 2.75) is 18.3 Å². The minimum Gasteiger partial charge on any atom is -0.462 e. The van der Waals surface area contributed by atoms with Gasteiger partial charge in [-0.15, -0.1) is 0 Å². The molecule has 27 heavy (non-hydrogen) atoms. The number of barbiturate groups is 1. The second-order valence-electron chi connectivity index (χ2n) is 6.11. The van der Waals surface area contributed by atoms with Gasteiger partial charge in [-0.25, -0.2) is 9.59 Å². The maximum Gasteiger partial charge on any atom is 0.338 e. The summed E-state index contributed by atoms with van der Waals surface area (Å²) in [6.45, 7) is 0.0385. The largest absolute Gasteiger partial charge is 0.462 e. The number of carbonyl (C=O) groups excluding carboxylic acids is 4. The number of hydrogen-bond donors (Lipinski definition) is 2. The first-order valence-corrected chi connectivity index (χ1v) is 8.48. The zero-order valence-corrected chi connectivity index (χ0v) is 14.4. The van der Waals surface area contributed by atoms with Crippen LogP contribution in [-0.4, -0.2) is 30.4 Å². The molecule has 0 radical (unpaired) electrons. The molecule has 1 saturated heterocycles. The highest BCUT2D eigenvalue weighted by Gasteiger charge is 2.51. The van der Waals surface area contributed by atoms with Gasteiger partial charge in [0.2, 0.25) is 11.8 Å². The van der Waals surface area contributed by atoms with Crippen molar-refractivity contribution in [2.75, 3.05) is 6.61 Å². The zero-order chi connectivity index (χ0) is 19.3. The highest BCUT2D eigenvalue weighted by atomic mass is 16.5. The molecule has 1 aliphatic heterocycles. The summed E-state index contributed by atoms with van der Waals surface area (Å²) >= 11 is 0. The van der Waals surface area contributed by atoms with Crippen LogP contribution in [0.25, 0.3) is 0 Å². The van der Waals surface area contributed by atoms with Crippen LogP contribution in [0.3, 0.4) is 0 Å². The first kappa shape index (κ1) is 18.3. The van der Waals surface area contributed by atoms with Gasteiger partial charge in [0.25, 0.3) is 0 Å². The predicted octanol–water partition coefficient (Wildman–Crippen LogP) is 1.93. The molecule has 0 spiro atoms. The zero-order valence-electron chi connectivity index (χ0n) is 14.4. The van der Waals surface area contributed by atoms with Crippen molar-refractivity contribution in [2.24, 2.45) is 0 Å². The Morgan fingerprint density at radius 2 is 1.41 bits per heavy atom. The summed E-state index contributed by atoms with van der Waals surface area (Å²) < 4.78 is 5.22. The molecule has 1 aliphatic rings. The molecule has 4 amide bonds. The average Bonchev–Trinajstić information content (AvgIpc) is 2.68. The molecule has 3 rings (SSSR count). The summed E-state index contributed by atoms with van der Waals surface area (Å²) in [7, 11) is 0. The molecule has 7 heteroatoms. The third kappa shape index (κ3) is 3.72. The lowest BCUT2D eigenvalue weighted by atomic mass is 9.74. The van der Waals surface area contributed by atoms with Crippen LogP contribution in [0.4, 0.5) is 4.79 Å². The molecule has 0 atom stereocenters. The number of hydrogen-bond acceptors (Lipinski definition) is 5. The number of amides is 4. The van der Waals surface area contributed by atoms with Crippen LogP contribution in [-0.2, 0) is 19.7 Å². The van der Waals surface area contributed by atoms with Crippen LogP contribution in [0.1, 0.15) is 28.8 Å². The summed E-state index contributed by atoms with van der Waals surface area (Å²) in [5, 5.41) is 4.31. The Bertz CT molecular complexity index is 844. The van der Waals surface area contributed by atoms with Gasteiger partial charge in [-0.2, -0.15) is 0 Å². The molecule has 0 saturated carbocycles. The number of esters is 1. The van der Waals surface area contributed by atoms with Crippen molar-refractivity contribution >= 4 is 23.8 Å². The molecule has 0 bridgehead atoms. The molecule has 1 heterocycles. The van der Waals surface area contributed by atoms with E-state index in [1.54, 1.807) is 60.7 Å². The summed E-state index contributed by atoms with van der Waals surface area (Å²) in [5.41, 5.74) is -0.648. The van der Waals surface area contributed by atoms with Crippen LogP contribution in [0.15, 0.2) is 60.7 Å². The monoisotopic (exact) mass is 366 g/mol. The molecule has 7 nitrogen and oxygen atoms in total. The molecule has 138 valence electrons. The van der Waals surface area contributed by atoms with Crippen LogP contribution < -0.4 is 10.6 Å². The van der Waals surface area contributed by atoms with Crippen molar-refractivity contribution < 1.29 is 23.9 Å². The Kier molecular flexibility index (Phi) is 5.30. The smallest absolute Gasteiger partial charge is 0.338 e. The molecular weight excluding hydrogens is 348 g/mol. The van der Waals surface area contributed by atoms with Crippen molar-refractivity contribution in [3.63, 3.8) is 0 Å². The van der Waals surface area contributed by atoms with Gasteiger partial charge >= 0.3 is 12.0 Å². The van der Waals surface area contributed by atoms with E-state index in [1.807, 2.05) is 0 Å². The molecule has 0 aromatic heterocycles. The lowest BCUT2D eigenvalue weighted by molar-refractivity contribution is -0.139. The van der Waals surface area contributed by atoms with E-state index in [0.29, 0.717) is 11.1 Å². The Balaban J connectivity index is 1.72. The van der Waals surface area contributed by atoms with Gasteiger partial charge in [0.15, 0.2) is 5.41 Å². The van der Waals surface area contributed by atoms with Crippen molar-refractivity contribution in [1.82, 2.24) is 10.6 Å². The Hall–Kier alpha value is -3.48. The fourth-order valence-electron chi connectivity index (χ4n) is 3.07. The van der Waals surface area contributed by atoms with Crippen molar-refractivity contribution in [1.29, 1.82) is 0 Å². The van der Waals surface area contributed by atoms with Gasteiger partial charge in [-0.05, 0) is 30.5 Å². The van der Waals surface area contributed by atoms with Crippen LogP contribution in [0, 0.1) is 0 Å². The Morgan fingerprint density at radius 3 is 2.00 bits per heavy atom. The van der Waals surface area contributed by atoms with E-state index >= 15 is 0 Å². The average molecular weight is 366 g/mol. The highest BCUT2D eigenvalue weighted by molar-refractivity contribution is 6.22. The molecule has 2 aromatic rings. The number of rotatable bonds is 6. The van der Waals surface area contributed by atoms with Gasteiger partial charge < -0.3 is 4.74 Å². The molecule has 2 aromatic carbocycles. The lowest BCUT2D eigenvalue weighted by Gasteiger charge is -2.34. The molecule has 1 fully saturated rings. The number of urea groups is 1. The first-order chi connectivity index (χ1) is 13.0. The third-order valence-electron chi connectivity index (χ3n) is 4.43. The second kappa shape index (κ2) is 7.82. The summed E-state index contributed by atoms with van der Waals surface area (Å²) in [4.78, 5) is 48.6. The van der Waals surface area contributed by atoms with E-state index < -0.39 is 29.2 Å². The quantitative estimate of drug-likeness (QED) is 0.462. The van der Waals surface area contributed by atoms with E-state index in [2.05, 4.69) is 10.6 Å². The van der Waals surface area contributed by atoms with E-state index in [-0.39, 0.29) is 19.4 Å². The lowest BCUT2D eigenvalue weighted by Crippen LogP contribution is -2.64. The normalized spacial score (nSPS) is 15.6. The van der Waals surface area contributed by atoms with Gasteiger partial charge in [-0.1, -0.05) is 48.5 Å². The number of nitrogens with one attached hydrogen (secondary N) is 2. The second-order valence-corrected chi connectivity index (χ2v) is 6.11. The fraction of sp³-hybridized carbons (Fsp3) is 0.200. The molecular formula is C20H18N2O5. The molecule has 0 unspecified atom stereocenters. The van der Waals surface area contributed by atoms with Crippen LogP contribution >= 0.6 is 0 Å². The van der Waals surface area contributed by atoms with Crippen molar-refractivity contribution in [3.05, 3.63) is 71.8 Å². The number of imide groups is 2. The Labute approximate surface area is 155 Å². The minimum atomic E-state index is -1.55. The standard InChI is InChI=1S/C20H18N2O5/c23-16(14-8-3-1-4-9-14)27-13-7-12-20(15-10-5-2-6-11-15)17(24)21-19(26)22-18(20)25/h1-6,8-11H,7,12-13H2,(H2,21,22,24,25,26). The van der Waals surface area contributed by atoms with Crippen LogP contribution in [0.2, 0.25) is 0 Å². The van der Waals surface area contributed by atoms with Crippen LogP contribution in [0.5, 0.6) is 0 Å². The van der Waals surface area contributed by atoms with Gasteiger partial charge in [0.1, 0.15) is 0 Å². The Morgan fingerprint density at radius 1 is 0.852 bits per heavy atom. The third-order valence-corrected chi connectivity index (χ3v) is 4.43. The summed E-state index contributed by atoms with van der Waals surface area (Å²) in [6.07, 6.45) is 0.354. The maximum atomic E-state index is 12.6. The molecule has 2 N–H and O–H groups in total. The highest BCUT2D eigenvalue weighted by Crippen LogP contribution is 2.32. The molecule has 0 aliphatic carbocycles. The van der Waals surface area contributed by atoms with Crippen molar-refractivity contribution in [3.8, 4) is 0 Å². The maximum absolute atomic E-state index is 12.6. The van der Waals surface area contributed by atoms with E-state index in [1.165, 1.54) is 0 Å². The number of benzene rings is 2. The summed E-state index contributed by atoms with van der Waals surface area (Å²) in [6, 6.07) is 16.2. The van der Waals surface area contributed by atoms with E-state index in [9.17, 15) is 19.2 Å². The van der Waals surface area contributed by atoms with Gasteiger partial charge in [0.05, 0.1) is 12.2 Å². The number of carbonyl (C=O) groups is 4. The fourth-order valence-corrected chi connectivity index (χ4v) is 3.07. The minimum absolute atomic E-state index is 0.0385. The first-order valence-electron chi connectivity index (χ1n) is 8.48. The van der Waals surface area contributed by atoms with Gasteiger partial charge in [-0.3, -0.25) is 20.2 Å². The SMILES string of the molecule is O=C1NC(=O)C(CCCOC(=O)c2ccccc2)(c2ccccc2)C(=O)N1. The van der Waals surface area contributed by atoms with E-state index in [0.717, 1.165) is 0 Å². The van der Waals surface area contributed by atoms with E-state index in [4.69, 9.17) is 4.74 Å².